The van der Waals surface area contributed by atoms with Crippen molar-refractivity contribution in [2.24, 2.45) is 0 Å². The number of rotatable bonds is 5. The van der Waals surface area contributed by atoms with E-state index in [-0.39, 0.29) is 29.2 Å². The summed E-state index contributed by atoms with van der Waals surface area (Å²) < 4.78 is 50.6. The number of hydrogen-bond donors (Lipinski definition) is 1. The van der Waals surface area contributed by atoms with Gasteiger partial charge in [0.05, 0.1) is 34.7 Å². The molecule has 1 unspecified atom stereocenters. The summed E-state index contributed by atoms with van der Waals surface area (Å²) in [6.45, 7) is 2.27. The molecule has 166 valence electrons. The summed E-state index contributed by atoms with van der Waals surface area (Å²) >= 11 is 0. The number of sulfonamides is 1. The molecule has 2 aliphatic heterocycles. The molecule has 1 aromatic carbocycles. The first-order valence-corrected chi connectivity index (χ1v) is 13.4. The lowest BCUT2D eigenvalue weighted by Gasteiger charge is -2.16. The number of amides is 1. The normalized spacial score (nSPS) is 22.2. The molecule has 0 radical (unpaired) electrons. The number of nitrogens with zero attached hydrogens (tertiary/aromatic N) is 3. The lowest BCUT2D eigenvalue weighted by atomic mass is 10.2. The molecule has 2 saturated heterocycles. The van der Waals surface area contributed by atoms with Crippen LogP contribution in [0.25, 0.3) is 6.08 Å². The molecule has 4 rings (SSSR count). The van der Waals surface area contributed by atoms with Crippen LogP contribution in [-0.2, 0) is 24.7 Å². The van der Waals surface area contributed by atoms with Crippen molar-refractivity contribution in [1.29, 1.82) is 0 Å². The van der Waals surface area contributed by atoms with Crippen LogP contribution < -0.4 is 9.62 Å². The predicted octanol–water partition coefficient (Wildman–Crippen LogP) is 1.74. The van der Waals surface area contributed by atoms with E-state index in [1.807, 2.05) is 0 Å². The fourth-order valence-electron chi connectivity index (χ4n) is 3.88. The number of anilines is 2. The van der Waals surface area contributed by atoms with E-state index in [4.69, 9.17) is 0 Å². The molecule has 11 heteroatoms. The molecule has 3 heterocycles. The summed E-state index contributed by atoms with van der Waals surface area (Å²) in [5, 5.41) is 7.11. The number of benzene rings is 1. The second-order valence-electron chi connectivity index (χ2n) is 7.83. The Hall–Kier alpha value is -2.66. The Kier molecular flexibility index (Phi) is 5.65. The molecule has 0 spiro atoms. The van der Waals surface area contributed by atoms with Gasteiger partial charge < -0.3 is 5.32 Å². The molecule has 2 aliphatic rings. The molecule has 0 saturated carbocycles. The quantitative estimate of drug-likeness (QED) is 0.674. The Labute approximate surface area is 181 Å². The molecule has 1 N–H and O–H groups in total. The number of aromatic nitrogens is 2. The first-order chi connectivity index (χ1) is 14.6. The van der Waals surface area contributed by atoms with Gasteiger partial charge in [0.2, 0.25) is 15.9 Å². The minimum atomic E-state index is -3.22. The fourth-order valence-corrected chi connectivity index (χ4v) is 7.13. The Balaban J connectivity index is 1.43. The van der Waals surface area contributed by atoms with Gasteiger partial charge in [0.25, 0.3) is 0 Å². The molecule has 31 heavy (non-hydrogen) atoms. The van der Waals surface area contributed by atoms with Crippen LogP contribution in [0.2, 0.25) is 0 Å². The Morgan fingerprint density at radius 2 is 1.90 bits per heavy atom. The van der Waals surface area contributed by atoms with E-state index in [2.05, 4.69) is 10.4 Å². The molecular formula is C20H24N4O5S2. The zero-order chi connectivity index (χ0) is 22.2. The highest BCUT2D eigenvalue weighted by Crippen LogP contribution is 2.27. The van der Waals surface area contributed by atoms with Gasteiger partial charge in [-0.2, -0.15) is 5.10 Å². The number of carbonyl (C=O) groups is 1. The van der Waals surface area contributed by atoms with Gasteiger partial charge in [-0.25, -0.2) is 21.5 Å². The summed E-state index contributed by atoms with van der Waals surface area (Å²) in [6.07, 6.45) is 4.10. The van der Waals surface area contributed by atoms with Gasteiger partial charge in [0, 0.05) is 18.7 Å². The fraction of sp³-hybridized carbons (Fsp3) is 0.400. The van der Waals surface area contributed by atoms with E-state index in [1.165, 1.54) is 10.4 Å². The number of nitrogens with one attached hydrogen (secondary N) is 1. The van der Waals surface area contributed by atoms with E-state index < -0.39 is 19.9 Å². The van der Waals surface area contributed by atoms with Crippen LogP contribution >= 0.6 is 0 Å². The number of hydrogen-bond acceptors (Lipinski definition) is 6. The molecule has 2 aromatic rings. The predicted molar refractivity (Wildman–Crippen MR) is 119 cm³/mol. The summed E-state index contributed by atoms with van der Waals surface area (Å²) in [5.41, 5.74) is 2.06. The maximum Gasteiger partial charge on any atom is 0.249 e. The zero-order valence-corrected chi connectivity index (χ0v) is 18.7. The average Bonchev–Trinajstić information content (AvgIpc) is 3.36. The maximum atomic E-state index is 12.4. The van der Waals surface area contributed by atoms with Crippen LogP contribution in [0.1, 0.15) is 30.1 Å². The molecular weight excluding hydrogens is 440 g/mol. The van der Waals surface area contributed by atoms with Crippen LogP contribution in [0.5, 0.6) is 0 Å². The first-order valence-electron chi connectivity index (χ1n) is 9.99. The number of carbonyl (C=O) groups excluding carboxylic acids is 1. The van der Waals surface area contributed by atoms with E-state index in [1.54, 1.807) is 48.0 Å². The molecule has 1 atom stereocenters. The van der Waals surface area contributed by atoms with E-state index >= 15 is 0 Å². The second kappa shape index (κ2) is 8.12. The number of sulfone groups is 1. The van der Waals surface area contributed by atoms with E-state index in [0.29, 0.717) is 36.6 Å². The van der Waals surface area contributed by atoms with Gasteiger partial charge >= 0.3 is 0 Å². The Morgan fingerprint density at radius 3 is 2.52 bits per heavy atom. The van der Waals surface area contributed by atoms with Crippen molar-refractivity contribution in [3.63, 3.8) is 0 Å². The highest BCUT2D eigenvalue weighted by atomic mass is 32.2. The monoisotopic (exact) mass is 464 g/mol. The molecule has 1 aromatic heterocycles. The molecule has 9 nitrogen and oxygen atoms in total. The van der Waals surface area contributed by atoms with Gasteiger partial charge in [0.1, 0.15) is 5.82 Å². The average molecular weight is 465 g/mol. The van der Waals surface area contributed by atoms with Crippen molar-refractivity contribution in [2.75, 3.05) is 33.4 Å². The van der Waals surface area contributed by atoms with Crippen molar-refractivity contribution >= 4 is 43.3 Å². The smallest absolute Gasteiger partial charge is 0.249 e. The van der Waals surface area contributed by atoms with E-state index in [0.717, 1.165) is 5.56 Å². The lowest BCUT2D eigenvalue weighted by molar-refractivity contribution is -0.111. The maximum absolute atomic E-state index is 12.4. The molecule has 1 amide bonds. The Morgan fingerprint density at radius 1 is 1.16 bits per heavy atom. The summed E-state index contributed by atoms with van der Waals surface area (Å²) in [7, 11) is -6.30. The van der Waals surface area contributed by atoms with Crippen molar-refractivity contribution in [3.05, 3.63) is 47.7 Å². The summed E-state index contributed by atoms with van der Waals surface area (Å²) in [5.74, 6) is 0.402. The van der Waals surface area contributed by atoms with Crippen LogP contribution in [0.15, 0.2) is 36.4 Å². The number of aryl methyl sites for hydroxylation is 1. The van der Waals surface area contributed by atoms with Crippen molar-refractivity contribution in [2.45, 2.75) is 25.8 Å². The van der Waals surface area contributed by atoms with E-state index in [9.17, 15) is 21.6 Å². The van der Waals surface area contributed by atoms with Gasteiger partial charge in [-0.1, -0.05) is 12.1 Å². The van der Waals surface area contributed by atoms with Gasteiger partial charge in [-0.3, -0.25) is 9.10 Å². The third-order valence-corrected chi connectivity index (χ3v) is 8.99. The third kappa shape index (κ3) is 4.82. The topological polar surface area (TPSA) is 118 Å². The highest BCUT2D eigenvalue weighted by molar-refractivity contribution is 7.93. The van der Waals surface area contributed by atoms with Crippen molar-refractivity contribution in [3.8, 4) is 0 Å². The summed E-state index contributed by atoms with van der Waals surface area (Å²) in [6, 6.07) is 8.38. The Bertz CT molecular complexity index is 1230. The van der Waals surface area contributed by atoms with Crippen molar-refractivity contribution in [1.82, 2.24) is 9.78 Å². The minimum Gasteiger partial charge on any atom is -0.307 e. The van der Waals surface area contributed by atoms with Crippen LogP contribution in [0.3, 0.4) is 0 Å². The van der Waals surface area contributed by atoms with Crippen LogP contribution in [0.4, 0.5) is 11.5 Å². The largest absolute Gasteiger partial charge is 0.307 e. The second-order valence-corrected chi connectivity index (χ2v) is 12.1. The third-order valence-electron chi connectivity index (χ3n) is 5.37. The molecule has 0 bridgehead atoms. The minimum absolute atomic E-state index is 0.0198. The van der Waals surface area contributed by atoms with Crippen LogP contribution in [0, 0.1) is 6.92 Å². The van der Waals surface area contributed by atoms with Gasteiger partial charge in [0.15, 0.2) is 9.84 Å². The molecule has 0 aliphatic carbocycles. The van der Waals surface area contributed by atoms with Crippen molar-refractivity contribution < 1.29 is 21.6 Å². The lowest BCUT2D eigenvalue weighted by Crippen LogP contribution is -2.24. The highest BCUT2D eigenvalue weighted by Gasteiger charge is 2.31. The first kappa shape index (κ1) is 21.6. The van der Waals surface area contributed by atoms with Gasteiger partial charge in [-0.05, 0) is 43.5 Å². The summed E-state index contributed by atoms with van der Waals surface area (Å²) in [4.78, 5) is 12.4. The van der Waals surface area contributed by atoms with Gasteiger partial charge in [-0.15, -0.1) is 0 Å². The van der Waals surface area contributed by atoms with Crippen LogP contribution in [-0.4, -0.2) is 56.3 Å². The SMILES string of the molecule is Cc1cc(NC(=O)/C=C/c2ccc(N3CCCS3(=O)=O)cc2)n(C2CCS(=O)(=O)C2)n1. The zero-order valence-electron chi connectivity index (χ0n) is 17.1. The molecule has 2 fully saturated rings. The standard InChI is InChI=1S/C20H24N4O5S2/c1-15-13-19(24(22-15)18-9-12-30(26,27)14-18)21-20(25)8-5-16-3-6-17(7-4-16)23-10-2-11-31(23,28)29/h3-8,13,18H,2,9-12,14H2,1H3,(H,21,25)/b8-5+.